The maximum absolute atomic E-state index is 11.5. The molecular weight excluding hydrogens is 176 g/mol. The van der Waals surface area contributed by atoms with Gasteiger partial charge < -0.3 is 4.74 Å². The van der Waals surface area contributed by atoms with Crippen molar-refractivity contribution in [3.05, 3.63) is 0 Å². The minimum absolute atomic E-state index is 0.140. The first-order valence-electron chi connectivity index (χ1n) is 5.52. The lowest BCUT2D eigenvalue weighted by Crippen LogP contribution is -2.35. The molecule has 14 heavy (non-hydrogen) atoms. The number of carbonyl (C=O) groups is 1. The van der Waals surface area contributed by atoms with Crippen molar-refractivity contribution in [3.8, 4) is 0 Å². The minimum atomic E-state index is -0.140. The number of Topliss-reactive ketones (excluding diaryl/α,β-unsaturated/α-hetero) is 1. The van der Waals surface area contributed by atoms with E-state index in [9.17, 15) is 4.79 Å². The predicted octanol–water partition coefficient (Wildman–Crippen LogP) is 2.81. The Labute approximate surface area is 87.0 Å². The Bertz CT molecular complexity index is 200. The summed E-state index contributed by atoms with van der Waals surface area (Å²) in [4.78, 5) is 11.5. The van der Waals surface area contributed by atoms with Crippen LogP contribution in [0.2, 0.25) is 0 Å². The highest BCUT2D eigenvalue weighted by Crippen LogP contribution is 2.39. The molecule has 0 N–H and O–H groups in total. The number of methoxy groups -OCH3 is 1. The third kappa shape index (κ3) is 2.35. The molecule has 1 aliphatic rings. The van der Waals surface area contributed by atoms with Crippen LogP contribution in [0.5, 0.6) is 0 Å². The Morgan fingerprint density at radius 1 is 1.21 bits per heavy atom. The first-order valence-corrected chi connectivity index (χ1v) is 5.52. The van der Waals surface area contributed by atoms with E-state index in [0.717, 1.165) is 25.7 Å². The fourth-order valence-corrected chi connectivity index (χ4v) is 2.31. The zero-order valence-electron chi connectivity index (χ0n) is 9.80. The molecule has 0 amide bonds. The fourth-order valence-electron chi connectivity index (χ4n) is 2.31. The van der Waals surface area contributed by atoms with Gasteiger partial charge in [-0.3, -0.25) is 4.79 Å². The van der Waals surface area contributed by atoms with Gasteiger partial charge in [-0.25, -0.2) is 0 Å². The van der Waals surface area contributed by atoms with E-state index in [1.54, 1.807) is 14.0 Å². The van der Waals surface area contributed by atoms with Gasteiger partial charge in [-0.15, -0.1) is 0 Å². The van der Waals surface area contributed by atoms with Crippen molar-refractivity contribution < 1.29 is 9.53 Å². The van der Waals surface area contributed by atoms with Crippen molar-refractivity contribution in [2.75, 3.05) is 7.11 Å². The number of ketones is 1. The summed E-state index contributed by atoms with van der Waals surface area (Å²) in [7, 11) is 1.78. The molecule has 0 spiro atoms. The van der Waals surface area contributed by atoms with E-state index in [-0.39, 0.29) is 5.41 Å². The smallest absolute Gasteiger partial charge is 0.135 e. The van der Waals surface area contributed by atoms with Crippen molar-refractivity contribution in [1.29, 1.82) is 0 Å². The topological polar surface area (TPSA) is 26.3 Å². The number of carbonyl (C=O) groups excluding carboxylic acids is 1. The summed E-state index contributed by atoms with van der Waals surface area (Å²) >= 11 is 0. The van der Waals surface area contributed by atoms with E-state index >= 15 is 0 Å². The van der Waals surface area contributed by atoms with Gasteiger partial charge in [-0.05, 0) is 38.5 Å². The van der Waals surface area contributed by atoms with Crippen molar-refractivity contribution in [2.24, 2.45) is 11.3 Å². The molecule has 0 saturated heterocycles. The minimum Gasteiger partial charge on any atom is -0.381 e. The summed E-state index contributed by atoms with van der Waals surface area (Å²) in [6.07, 6.45) is 4.90. The van der Waals surface area contributed by atoms with E-state index in [0.29, 0.717) is 17.8 Å². The second-order valence-electron chi connectivity index (χ2n) is 4.99. The molecule has 0 unspecified atom stereocenters. The Hall–Kier alpha value is -0.370. The quantitative estimate of drug-likeness (QED) is 0.697. The van der Waals surface area contributed by atoms with Crippen LogP contribution in [0, 0.1) is 11.3 Å². The van der Waals surface area contributed by atoms with Crippen LogP contribution in [0.1, 0.15) is 46.5 Å². The van der Waals surface area contributed by atoms with Crippen LogP contribution in [0.4, 0.5) is 0 Å². The van der Waals surface area contributed by atoms with E-state index in [4.69, 9.17) is 4.74 Å². The van der Waals surface area contributed by atoms with Gasteiger partial charge in [0.15, 0.2) is 0 Å². The van der Waals surface area contributed by atoms with Crippen LogP contribution in [0.25, 0.3) is 0 Å². The molecule has 0 aromatic rings. The van der Waals surface area contributed by atoms with Gasteiger partial charge in [0.05, 0.1) is 6.10 Å². The molecule has 1 aliphatic carbocycles. The van der Waals surface area contributed by atoms with Gasteiger partial charge in [0, 0.05) is 12.5 Å². The molecule has 2 heteroatoms. The summed E-state index contributed by atoms with van der Waals surface area (Å²) in [6, 6.07) is 0. The van der Waals surface area contributed by atoms with E-state index < -0.39 is 0 Å². The van der Waals surface area contributed by atoms with Gasteiger partial charge in [0.2, 0.25) is 0 Å². The van der Waals surface area contributed by atoms with Crippen LogP contribution >= 0.6 is 0 Å². The summed E-state index contributed by atoms with van der Waals surface area (Å²) in [6.45, 7) is 5.86. The predicted molar refractivity (Wildman–Crippen MR) is 57.2 cm³/mol. The fraction of sp³-hybridized carbons (Fsp3) is 0.917. The maximum Gasteiger partial charge on any atom is 0.135 e. The first kappa shape index (κ1) is 11.7. The third-order valence-corrected chi connectivity index (χ3v) is 3.94. The monoisotopic (exact) mass is 198 g/mol. The standard InChI is InChI=1S/C12H22O2/c1-9(13)12(2,3)10-5-7-11(14-4)8-6-10/h10-11H,5-8H2,1-4H3. The van der Waals surface area contributed by atoms with Crippen LogP contribution < -0.4 is 0 Å². The maximum atomic E-state index is 11.5. The SMILES string of the molecule is COC1CCC(C(C)(C)C(C)=O)CC1. The molecule has 0 radical (unpaired) electrons. The van der Waals surface area contributed by atoms with Crippen molar-refractivity contribution in [3.63, 3.8) is 0 Å². The van der Waals surface area contributed by atoms with E-state index in [2.05, 4.69) is 13.8 Å². The average Bonchev–Trinajstić information content (AvgIpc) is 2.17. The molecule has 2 nitrogen and oxygen atoms in total. The highest BCUT2D eigenvalue weighted by molar-refractivity contribution is 5.81. The third-order valence-electron chi connectivity index (χ3n) is 3.94. The van der Waals surface area contributed by atoms with Gasteiger partial charge in [-0.2, -0.15) is 0 Å². The highest BCUT2D eigenvalue weighted by atomic mass is 16.5. The molecule has 0 heterocycles. The Morgan fingerprint density at radius 2 is 1.71 bits per heavy atom. The molecule has 0 atom stereocenters. The normalized spacial score (nSPS) is 28.9. The summed E-state index contributed by atoms with van der Waals surface area (Å²) in [5.74, 6) is 0.866. The lowest BCUT2D eigenvalue weighted by molar-refractivity contribution is -0.128. The molecule has 1 rings (SSSR count). The number of ether oxygens (including phenoxy) is 1. The van der Waals surface area contributed by atoms with Crippen molar-refractivity contribution in [1.82, 2.24) is 0 Å². The second-order valence-corrected chi connectivity index (χ2v) is 4.99. The van der Waals surface area contributed by atoms with E-state index in [1.165, 1.54) is 0 Å². The summed E-state index contributed by atoms with van der Waals surface area (Å²) in [5.41, 5.74) is -0.140. The van der Waals surface area contributed by atoms with Gasteiger partial charge in [0.1, 0.15) is 5.78 Å². The van der Waals surface area contributed by atoms with Crippen LogP contribution in [-0.4, -0.2) is 19.0 Å². The molecule has 82 valence electrons. The number of hydrogen-bond donors (Lipinski definition) is 0. The molecular formula is C12H22O2. The molecule has 0 aromatic carbocycles. The van der Waals surface area contributed by atoms with Crippen LogP contribution in [-0.2, 0) is 9.53 Å². The highest BCUT2D eigenvalue weighted by Gasteiger charge is 2.36. The van der Waals surface area contributed by atoms with Gasteiger partial charge in [-0.1, -0.05) is 13.8 Å². The van der Waals surface area contributed by atoms with Crippen LogP contribution in [0.15, 0.2) is 0 Å². The molecule has 1 saturated carbocycles. The van der Waals surface area contributed by atoms with Crippen LogP contribution in [0.3, 0.4) is 0 Å². The average molecular weight is 198 g/mol. The Morgan fingerprint density at radius 3 is 2.07 bits per heavy atom. The number of hydrogen-bond acceptors (Lipinski definition) is 2. The summed E-state index contributed by atoms with van der Waals surface area (Å²) < 4.78 is 5.33. The Balaban J connectivity index is 2.53. The van der Waals surface area contributed by atoms with Gasteiger partial charge in [0.25, 0.3) is 0 Å². The first-order chi connectivity index (χ1) is 6.48. The lowest BCUT2D eigenvalue weighted by atomic mass is 9.68. The zero-order chi connectivity index (χ0) is 10.8. The number of rotatable bonds is 3. The zero-order valence-corrected chi connectivity index (χ0v) is 9.80. The summed E-state index contributed by atoms with van der Waals surface area (Å²) in [5, 5.41) is 0. The second kappa shape index (κ2) is 4.43. The molecule has 0 bridgehead atoms. The molecule has 1 fully saturated rings. The molecule has 0 aromatic heterocycles. The largest absolute Gasteiger partial charge is 0.381 e. The lowest BCUT2D eigenvalue weighted by Gasteiger charge is -2.37. The molecule has 0 aliphatic heterocycles. The van der Waals surface area contributed by atoms with Crippen molar-refractivity contribution >= 4 is 5.78 Å². The Kier molecular flexibility index (Phi) is 3.71. The van der Waals surface area contributed by atoms with E-state index in [1.807, 2.05) is 0 Å². The van der Waals surface area contributed by atoms with Crippen molar-refractivity contribution in [2.45, 2.75) is 52.6 Å². The van der Waals surface area contributed by atoms with Gasteiger partial charge >= 0.3 is 0 Å².